The summed E-state index contributed by atoms with van der Waals surface area (Å²) in [6.07, 6.45) is 42.8. The van der Waals surface area contributed by atoms with Gasteiger partial charge in [0.2, 0.25) is 0 Å². The standard InChI is InChI=1S/C46H80NO9P/c1-6-8-10-11-12-13-14-15-16-17-22-25-28-31-34-38-46(50)56-44(42-55-57(51,52)54-40-39-47(3,4)5)41-53-45(49)37-33-30-27-24-21-19-18-20-23-26-29-32-36-43(48)35-9-7-2/h9,15-16,18-19,23-24,26-27,29,32,35,43-44,48H,6-8,10-14,17,20-22,25,28,30-31,33-34,36-42H2,1-5H3/b16-15-,19-18-,26-23-,27-24-,32-29+,35-9-/t43?,44-/m1/s1. The van der Waals surface area contributed by atoms with Gasteiger partial charge in [0.15, 0.2) is 6.10 Å². The summed E-state index contributed by atoms with van der Waals surface area (Å²) in [7, 11) is 1.09. The molecule has 0 bridgehead atoms. The lowest BCUT2D eigenvalue weighted by atomic mass is 10.1. The minimum absolute atomic E-state index is 0.0517. The Morgan fingerprint density at radius 3 is 1.89 bits per heavy atom. The van der Waals surface area contributed by atoms with E-state index in [1.165, 1.54) is 38.5 Å². The fourth-order valence-electron chi connectivity index (χ4n) is 5.35. The van der Waals surface area contributed by atoms with Gasteiger partial charge in [0.25, 0.3) is 7.82 Å². The van der Waals surface area contributed by atoms with Crippen molar-refractivity contribution in [1.29, 1.82) is 0 Å². The lowest BCUT2D eigenvalue weighted by Crippen LogP contribution is -2.37. The molecule has 0 aliphatic rings. The van der Waals surface area contributed by atoms with E-state index in [-0.39, 0.29) is 26.1 Å². The van der Waals surface area contributed by atoms with E-state index in [1.807, 2.05) is 70.6 Å². The number of phosphoric ester groups is 1. The third-order valence-corrected chi connectivity index (χ3v) is 9.75. The molecule has 57 heavy (non-hydrogen) atoms. The smallest absolute Gasteiger partial charge is 0.306 e. The number of carbonyl (C=O) groups excluding carboxylic acids is 2. The summed E-state index contributed by atoms with van der Waals surface area (Å²) in [6, 6.07) is 0. The van der Waals surface area contributed by atoms with E-state index in [1.54, 1.807) is 0 Å². The van der Waals surface area contributed by atoms with Crippen molar-refractivity contribution < 1.29 is 47.2 Å². The third-order valence-electron chi connectivity index (χ3n) is 8.79. The number of allylic oxidation sites excluding steroid dienone is 10. The Morgan fingerprint density at radius 2 is 1.23 bits per heavy atom. The highest BCUT2D eigenvalue weighted by Crippen LogP contribution is 2.38. The predicted molar refractivity (Wildman–Crippen MR) is 232 cm³/mol. The molecule has 0 aromatic heterocycles. The van der Waals surface area contributed by atoms with Crippen molar-refractivity contribution >= 4 is 19.8 Å². The van der Waals surface area contributed by atoms with E-state index in [0.717, 1.165) is 57.8 Å². The van der Waals surface area contributed by atoms with Crippen LogP contribution in [0.15, 0.2) is 72.9 Å². The van der Waals surface area contributed by atoms with Crippen LogP contribution in [0.25, 0.3) is 0 Å². The number of aliphatic hydroxyl groups excluding tert-OH is 1. The normalized spacial score (nSPS) is 14.9. The number of unbranched alkanes of at least 4 members (excludes halogenated alkanes) is 12. The first-order valence-corrected chi connectivity index (χ1v) is 23.2. The van der Waals surface area contributed by atoms with E-state index in [0.29, 0.717) is 36.7 Å². The lowest BCUT2D eigenvalue weighted by molar-refractivity contribution is -0.870. The number of hydrogen-bond acceptors (Lipinski definition) is 9. The number of hydrogen-bond donors (Lipinski definition) is 1. The zero-order valence-corrected chi connectivity index (χ0v) is 37.3. The number of nitrogens with zero attached hydrogens (tertiary/aromatic N) is 1. The van der Waals surface area contributed by atoms with Gasteiger partial charge >= 0.3 is 11.9 Å². The molecule has 2 unspecified atom stereocenters. The second-order valence-electron chi connectivity index (χ2n) is 15.5. The Bertz CT molecular complexity index is 1220. The van der Waals surface area contributed by atoms with E-state index >= 15 is 0 Å². The van der Waals surface area contributed by atoms with Crippen molar-refractivity contribution in [2.45, 2.75) is 161 Å². The summed E-state index contributed by atoms with van der Waals surface area (Å²) in [4.78, 5) is 37.5. The molecule has 0 amide bonds. The maximum atomic E-state index is 12.7. The van der Waals surface area contributed by atoms with Crippen molar-refractivity contribution in [1.82, 2.24) is 0 Å². The van der Waals surface area contributed by atoms with Crippen molar-refractivity contribution in [2.24, 2.45) is 0 Å². The Labute approximate surface area is 347 Å². The number of phosphoric acid groups is 1. The lowest BCUT2D eigenvalue weighted by Gasteiger charge is -2.28. The van der Waals surface area contributed by atoms with Crippen LogP contribution < -0.4 is 4.89 Å². The van der Waals surface area contributed by atoms with Crippen LogP contribution in [0.2, 0.25) is 0 Å². The molecule has 0 fully saturated rings. The number of likely N-dealkylation sites (N-methyl/N-ethyl adjacent to an activating group) is 1. The van der Waals surface area contributed by atoms with Gasteiger partial charge in [-0.3, -0.25) is 14.2 Å². The summed E-state index contributed by atoms with van der Waals surface area (Å²) < 4.78 is 33.8. The quantitative estimate of drug-likeness (QED) is 0.0161. The number of esters is 2. The molecular formula is C46H80NO9P. The van der Waals surface area contributed by atoms with E-state index in [9.17, 15) is 24.2 Å². The fraction of sp³-hybridized carbons (Fsp3) is 0.696. The van der Waals surface area contributed by atoms with Crippen molar-refractivity contribution in [3.63, 3.8) is 0 Å². The molecule has 328 valence electrons. The molecular weight excluding hydrogens is 741 g/mol. The molecule has 0 rings (SSSR count). The van der Waals surface area contributed by atoms with Crippen LogP contribution >= 0.6 is 7.82 Å². The average molecular weight is 822 g/mol. The van der Waals surface area contributed by atoms with Crippen LogP contribution in [0, 0.1) is 0 Å². The zero-order valence-electron chi connectivity index (χ0n) is 36.4. The highest BCUT2D eigenvalue weighted by molar-refractivity contribution is 7.45. The Balaban J connectivity index is 4.52. The molecule has 0 aliphatic carbocycles. The maximum Gasteiger partial charge on any atom is 0.306 e. The summed E-state index contributed by atoms with van der Waals surface area (Å²) in [6.45, 7) is 3.87. The molecule has 0 heterocycles. The molecule has 0 aromatic carbocycles. The van der Waals surface area contributed by atoms with Crippen LogP contribution in [0.1, 0.15) is 149 Å². The summed E-state index contributed by atoms with van der Waals surface area (Å²) >= 11 is 0. The van der Waals surface area contributed by atoms with Crippen molar-refractivity contribution in [3.05, 3.63) is 72.9 Å². The predicted octanol–water partition coefficient (Wildman–Crippen LogP) is 10.6. The first kappa shape index (κ1) is 54.4. The SMILES string of the molecule is CC/C=C\C(O)C/C=C/C=C\C/C=C\C/C=C\CCCC(=O)OC[C@H](COP(=O)([O-])OCC[N+](C)(C)C)OC(=O)CCCCCCC/C=C\CCCCCCCC. The first-order valence-electron chi connectivity index (χ1n) is 21.8. The molecule has 1 N–H and O–H groups in total. The molecule has 0 spiro atoms. The molecule has 0 aliphatic heterocycles. The van der Waals surface area contributed by atoms with Gasteiger partial charge in [-0.05, 0) is 70.6 Å². The van der Waals surface area contributed by atoms with Crippen molar-refractivity contribution in [3.8, 4) is 0 Å². The minimum Gasteiger partial charge on any atom is -0.756 e. The molecule has 3 atom stereocenters. The second-order valence-corrected chi connectivity index (χ2v) is 16.9. The molecule has 0 saturated carbocycles. The first-order chi connectivity index (χ1) is 27.4. The molecule has 0 aromatic rings. The number of aliphatic hydroxyl groups is 1. The molecule has 0 radical (unpaired) electrons. The summed E-state index contributed by atoms with van der Waals surface area (Å²) in [5.41, 5.74) is 0. The highest BCUT2D eigenvalue weighted by Gasteiger charge is 2.21. The summed E-state index contributed by atoms with van der Waals surface area (Å²) in [5.74, 6) is -0.943. The Hall–Kier alpha value is -2.59. The van der Waals surface area contributed by atoms with Crippen LogP contribution in [0.5, 0.6) is 0 Å². The van der Waals surface area contributed by atoms with Gasteiger partial charge in [-0.2, -0.15) is 0 Å². The zero-order chi connectivity index (χ0) is 42.3. The van der Waals surface area contributed by atoms with Gasteiger partial charge in [-0.15, -0.1) is 0 Å². The minimum atomic E-state index is -4.65. The molecule has 0 saturated heterocycles. The average Bonchev–Trinajstić information content (AvgIpc) is 3.16. The topological polar surface area (TPSA) is 131 Å². The highest BCUT2D eigenvalue weighted by atomic mass is 31.2. The van der Waals surface area contributed by atoms with E-state index in [2.05, 4.69) is 37.3 Å². The van der Waals surface area contributed by atoms with Gasteiger partial charge in [-0.1, -0.05) is 138 Å². The Morgan fingerprint density at radius 1 is 0.667 bits per heavy atom. The third kappa shape index (κ3) is 41.4. The van der Waals surface area contributed by atoms with Gasteiger partial charge in [0, 0.05) is 12.8 Å². The summed E-state index contributed by atoms with van der Waals surface area (Å²) in [5, 5.41) is 9.77. The monoisotopic (exact) mass is 822 g/mol. The van der Waals surface area contributed by atoms with Crippen LogP contribution in [-0.4, -0.2) is 81.2 Å². The number of rotatable bonds is 38. The number of quaternary nitrogens is 1. The Kier molecular flexibility index (Phi) is 36.0. The molecule has 10 nitrogen and oxygen atoms in total. The van der Waals surface area contributed by atoms with E-state index < -0.39 is 38.6 Å². The van der Waals surface area contributed by atoms with Crippen LogP contribution in [0.3, 0.4) is 0 Å². The van der Waals surface area contributed by atoms with E-state index in [4.69, 9.17) is 18.5 Å². The number of carbonyl (C=O) groups is 2. The van der Waals surface area contributed by atoms with Crippen LogP contribution in [0.4, 0.5) is 0 Å². The largest absolute Gasteiger partial charge is 0.756 e. The van der Waals surface area contributed by atoms with Crippen molar-refractivity contribution in [2.75, 3.05) is 47.5 Å². The van der Waals surface area contributed by atoms with Gasteiger partial charge in [-0.25, -0.2) is 0 Å². The molecule has 11 heteroatoms. The van der Waals surface area contributed by atoms with Gasteiger partial charge in [0.05, 0.1) is 33.9 Å². The van der Waals surface area contributed by atoms with Gasteiger partial charge in [0.1, 0.15) is 19.8 Å². The van der Waals surface area contributed by atoms with Gasteiger partial charge < -0.3 is 33.0 Å². The maximum absolute atomic E-state index is 12.7. The second kappa shape index (κ2) is 37.7. The number of ether oxygens (including phenoxy) is 2. The fourth-order valence-corrected chi connectivity index (χ4v) is 6.08. The van der Waals surface area contributed by atoms with Crippen LogP contribution in [-0.2, 0) is 32.7 Å².